The average molecular weight is 164 g/mol. The number of aliphatic hydroxyl groups is 1. The van der Waals surface area contributed by atoms with Crippen molar-refractivity contribution in [2.24, 2.45) is 11.8 Å². The Morgan fingerprint density at radius 3 is 2.83 bits per heavy atom. The number of terminal acetylenes is 1. The summed E-state index contributed by atoms with van der Waals surface area (Å²) in [6.07, 6.45) is 11.6. The highest BCUT2D eigenvalue weighted by atomic mass is 16.3. The number of rotatable bonds is 2. The van der Waals surface area contributed by atoms with Crippen LogP contribution in [0.25, 0.3) is 0 Å². The van der Waals surface area contributed by atoms with Crippen LogP contribution in [0.15, 0.2) is 0 Å². The Morgan fingerprint density at radius 2 is 2.33 bits per heavy atom. The maximum Gasteiger partial charge on any atom is 0.0687 e. The number of hydrogen-bond donors (Lipinski definition) is 1. The molecule has 2 rings (SSSR count). The molecule has 2 saturated carbocycles. The molecule has 0 spiro atoms. The first-order chi connectivity index (χ1) is 5.74. The molecule has 2 fully saturated rings. The van der Waals surface area contributed by atoms with Gasteiger partial charge in [-0.15, -0.1) is 12.3 Å². The van der Waals surface area contributed by atoms with Crippen molar-refractivity contribution in [1.29, 1.82) is 0 Å². The third kappa shape index (κ3) is 1.15. The lowest BCUT2D eigenvalue weighted by molar-refractivity contribution is -0.0191. The third-order valence-electron chi connectivity index (χ3n) is 3.65. The molecule has 1 heteroatoms. The van der Waals surface area contributed by atoms with Gasteiger partial charge in [-0.05, 0) is 43.9 Å². The summed E-state index contributed by atoms with van der Waals surface area (Å²) in [5.41, 5.74) is -0.380. The van der Waals surface area contributed by atoms with E-state index in [4.69, 9.17) is 6.42 Å². The quantitative estimate of drug-likeness (QED) is 0.618. The van der Waals surface area contributed by atoms with Gasteiger partial charge in [0, 0.05) is 6.42 Å². The van der Waals surface area contributed by atoms with Gasteiger partial charge in [0.1, 0.15) is 0 Å². The molecule has 0 amide bonds. The zero-order valence-corrected chi connectivity index (χ0v) is 7.42. The van der Waals surface area contributed by atoms with E-state index in [2.05, 4.69) is 5.92 Å². The second-order valence-electron chi connectivity index (χ2n) is 4.39. The van der Waals surface area contributed by atoms with Crippen LogP contribution in [-0.2, 0) is 0 Å². The summed E-state index contributed by atoms with van der Waals surface area (Å²) in [6.45, 7) is 0. The SMILES string of the molecule is C#CCCC1(O)CC2CCC1C2. The molecule has 3 unspecified atom stereocenters. The summed E-state index contributed by atoms with van der Waals surface area (Å²) in [4.78, 5) is 0. The molecular weight excluding hydrogens is 148 g/mol. The van der Waals surface area contributed by atoms with Gasteiger partial charge in [0.15, 0.2) is 0 Å². The van der Waals surface area contributed by atoms with E-state index in [9.17, 15) is 5.11 Å². The van der Waals surface area contributed by atoms with Crippen molar-refractivity contribution in [3.63, 3.8) is 0 Å². The second kappa shape index (κ2) is 2.78. The summed E-state index contributed by atoms with van der Waals surface area (Å²) in [5.74, 6) is 3.99. The van der Waals surface area contributed by atoms with E-state index in [0.29, 0.717) is 5.92 Å². The molecule has 3 atom stereocenters. The van der Waals surface area contributed by atoms with Gasteiger partial charge in [0.05, 0.1) is 5.60 Å². The van der Waals surface area contributed by atoms with Crippen LogP contribution in [0.4, 0.5) is 0 Å². The second-order valence-corrected chi connectivity index (χ2v) is 4.39. The predicted molar refractivity (Wildman–Crippen MR) is 48.5 cm³/mol. The van der Waals surface area contributed by atoms with E-state index in [0.717, 1.165) is 25.2 Å². The van der Waals surface area contributed by atoms with E-state index in [1.807, 2.05) is 0 Å². The minimum atomic E-state index is -0.380. The van der Waals surface area contributed by atoms with Crippen molar-refractivity contribution in [2.45, 2.75) is 44.1 Å². The van der Waals surface area contributed by atoms with Crippen molar-refractivity contribution in [1.82, 2.24) is 0 Å². The van der Waals surface area contributed by atoms with Crippen LogP contribution in [0.2, 0.25) is 0 Å². The number of hydrogen-bond acceptors (Lipinski definition) is 1. The highest BCUT2D eigenvalue weighted by Gasteiger charge is 2.49. The standard InChI is InChI=1S/C11H16O/c1-2-3-6-11(12)8-9-4-5-10(11)7-9/h1,9-10,12H,3-8H2. The Morgan fingerprint density at radius 1 is 1.50 bits per heavy atom. The molecule has 0 saturated heterocycles. The van der Waals surface area contributed by atoms with Gasteiger partial charge in [-0.25, -0.2) is 0 Å². The molecular formula is C11H16O. The van der Waals surface area contributed by atoms with Gasteiger partial charge in [-0.2, -0.15) is 0 Å². The first kappa shape index (κ1) is 8.13. The highest BCUT2D eigenvalue weighted by molar-refractivity contribution is 5.02. The van der Waals surface area contributed by atoms with Gasteiger partial charge in [-0.3, -0.25) is 0 Å². The van der Waals surface area contributed by atoms with E-state index in [1.165, 1.54) is 19.3 Å². The van der Waals surface area contributed by atoms with E-state index in [-0.39, 0.29) is 5.60 Å². The summed E-state index contributed by atoms with van der Waals surface area (Å²) >= 11 is 0. The summed E-state index contributed by atoms with van der Waals surface area (Å²) in [6, 6.07) is 0. The van der Waals surface area contributed by atoms with Crippen LogP contribution in [0.1, 0.15) is 38.5 Å². The maximum absolute atomic E-state index is 10.2. The van der Waals surface area contributed by atoms with E-state index in [1.54, 1.807) is 0 Å². The molecule has 2 bridgehead atoms. The molecule has 1 N–H and O–H groups in total. The van der Waals surface area contributed by atoms with Crippen LogP contribution in [0.3, 0.4) is 0 Å². The monoisotopic (exact) mass is 164 g/mol. The number of fused-ring (bicyclic) bond motifs is 2. The van der Waals surface area contributed by atoms with E-state index < -0.39 is 0 Å². The molecule has 0 aromatic heterocycles. The molecule has 0 aromatic rings. The van der Waals surface area contributed by atoms with Crippen molar-refractivity contribution in [3.8, 4) is 12.3 Å². The lowest BCUT2D eigenvalue weighted by Gasteiger charge is -2.31. The molecule has 0 aliphatic heterocycles. The molecule has 0 aromatic carbocycles. The van der Waals surface area contributed by atoms with Gasteiger partial charge in [0.25, 0.3) is 0 Å². The lowest BCUT2D eigenvalue weighted by Crippen LogP contribution is -2.34. The molecule has 2 aliphatic rings. The van der Waals surface area contributed by atoms with Gasteiger partial charge >= 0.3 is 0 Å². The predicted octanol–water partition coefficient (Wildman–Crippen LogP) is 1.95. The van der Waals surface area contributed by atoms with Crippen molar-refractivity contribution < 1.29 is 5.11 Å². The van der Waals surface area contributed by atoms with Crippen LogP contribution in [-0.4, -0.2) is 10.7 Å². The molecule has 66 valence electrons. The molecule has 0 radical (unpaired) electrons. The zero-order valence-electron chi connectivity index (χ0n) is 7.42. The first-order valence-electron chi connectivity index (χ1n) is 4.90. The van der Waals surface area contributed by atoms with Crippen LogP contribution < -0.4 is 0 Å². The topological polar surface area (TPSA) is 20.2 Å². The summed E-state index contributed by atoms with van der Waals surface area (Å²) < 4.78 is 0. The van der Waals surface area contributed by atoms with Gasteiger partial charge < -0.3 is 5.11 Å². The lowest BCUT2D eigenvalue weighted by atomic mass is 9.81. The minimum Gasteiger partial charge on any atom is -0.390 e. The summed E-state index contributed by atoms with van der Waals surface area (Å²) in [7, 11) is 0. The van der Waals surface area contributed by atoms with Crippen LogP contribution in [0, 0.1) is 24.2 Å². The Labute approximate surface area is 74.2 Å². The normalized spacial score (nSPS) is 44.7. The van der Waals surface area contributed by atoms with E-state index >= 15 is 0 Å². The smallest absolute Gasteiger partial charge is 0.0687 e. The minimum absolute atomic E-state index is 0.380. The molecule has 0 heterocycles. The maximum atomic E-state index is 10.2. The Balaban J connectivity index is 1.99. The van der Waals surface area contributed by atoms with Crippen LogP contribution in [0.5, 0.6) is 0 Å². The van der Waals surface area contributed by atoms with Crippen molar-refractivity contribution in [2.75, 3.05) is 0 Å². The fraction of sp³-hybridized carbons (Fsp3) is 0.818. The fourth-order valence-corrected chi connectivity index (χ4v) is 3.01. The Kier molecular flexibility index (Phi) is 1.88. The fourth-order valence-electron chi connectivity index (χ4n) is 3.01. The Bertz CT molecular complexity index is 216. The van der Waals surface area contributed by atoms with Gasteiger partial charge in [-0.1, -0.05) is 0 Å². The third-order valence-corrected chi connectivity index (χ3v) is 3.65. The highest BCUT2D eigenvalue weighted by Crippen LogP contribution is 2.52. The zero-order chi connectivity index (χ0) is 8.60. The average Bonchev–Trinajstić information content (AvgIpc) is 2.60. The molecule has 2 aliphatic carbocycles. The van der Waals surface area contributed by atoms with Crippen molar-refractivity contribution >= 4 is 0 Å². The Hall–Kier alpha value is -0.480. The van der Waals surface area contributed by atoms with Crippen LogP contribution >= 0.6 is 0 Å². The largest absolute Gasteiger partial charge is 0.390 e. The summed E-state index contributed by atoms with van der Waals surface area (Å²) in [5, 5.41) is 10.2. The first-order valence-corrected chi connectivity index (χ1v) is 4.90. The van der Waals surface area contributed by atoms with Crippen molar-refractivity contribution in [3.05, 3.63) is 0 Å². The molecule has 12 heavy (non-hydrogen) atoms. The molecule has 1 nitrogen and oxygen atoms in total. The van der Waals surface area contributed by atoms with Gasteiger partial charge in [0.2, 0.25) is 0 Å².